The fourth-order valence-corrected chi connectivity index (χ4v) is 2.92. The highest BCUT2D eigenvalue weighted by Gasteiger charge is 2.34. The van der Waals surface area contributed by atoms with Crippen LogP contribution in [0.2, 0.25) is 5.02 Å². The van der Waals surface area contributed by atoms with E-state index in [0.717, 1.165) is 25.0 Å². The van der Waals surface area contributed by atoms with Gasteiger partial charge in [0.2, 0.25) is 11.8 Å². The van der Waals surface area contributed by atoms with Gasteiger partial charge >= 0.3 is 6.18 Å². The summed E-state index contributed by atoms with van der Waals surface area (Å²) in [6.07, 6.45) is -2.63. The van der Waals surface area contributed by atoms with Crippen molar-refractivity contribution in [1.82, 2.24) is 4.90 Å². The zero-order valence-electron chi connectivity index (χ0n) is 13.2. The predicted octanol–water partition coefficient (Wildman–Crippen LogP) is 3.72. The maximum Gasteiger partial charge on any atom is 0.417 e. The number of carbonyl (C=O) groups is 2. The van der Waals surface area contributed by atoms with Gasteiger partial charge in [0, 0.05) is 38.7 Å². The van der Waals surface area contributed by atoms with E-state index in [1.54, 1.807) is 4.90 Å². The van der Waals surface area contributed by atoms with Crippen LogP contribution in [-0.2, 0) is 15.8 Å². The second-order valence-electron chi connectivity index (χ2n) is 5.67. The number of halogens is 4. The van der Waals surface area contributed by atoms with Gasteiger partial charge in [0.15, 0.2) is 0 Å². The maximum atomic E-state index is 13.0. The molecule has 0 aliphatic carbocycles. The number of amides is 2. The first kappa shape index (κ1) is 18.6. The molecular formula is C16H18ClF3N2O2. The zero-order valence-corrected chi connectivity index (χ0v) is 14.0. The summed E-state index contributed by atoms with van der Waals surface area (Å²) in [7, 11) is 0. The topological polar surface area (TPSA) is 40.6 Å². The third kappa shape index (κ3) is 4.41. The lowest BCUT2D eigenvalue weighted by Crippen LogP contribution is -2.35. The molecule has 0 bridgehead atoms. The van der Waals surface area contributed by atoms with Crippen molar-refractivity contribution in [1.29, 1.82) is 0 Å². The minimum Gasteiger partial charge on any atom is -0.343 e. The van der Waals surface area contributed by atoms with Gasteiger partial charge in [-0.05, 0) is 31.0 Å². The van der Waals surface area contributed by atoms with Crippen LogP contribution in [0.5, 0.6) is 0 Å². The second kappa shape index (κ2) is 7.42. The summed E-state index contributed by atoms with van der Waals surface area (Å²) in [5, 5.41) is -0.428. The normalized spacial score (nSPS) is 14.8. The summed E-state index contributed by atoms with van der Waals surface area (Å²) >= 11 is 5.59. The highest BCUT2D eigenvalue weighted by Crippen LogP contribution is 2.37. The Morgan fingerprint density at radius 2 is 1.88 bits per heavy atom. The Hall–Kier alpha value is -1.76. The van der Waals surface area contributed by atoms with Crippen LogP contribution in [0, 0.1) is 0 Å². The van der Waals surface area contributed by atoms with Gasteiger partial charge in [0.05, 0.1) is 10.6 Å². The van der Waals surface area contributed by atoms with Crippen molar-refractivity contribution in [3.63, 3.8) is 0 Å². The number of hydrogen-bond donors (Lipinski definition) is 0. The molecule has 1 saturated heterocycles. The molecule has 0 saturated carbocycles. The second-order valence-corrected chi connectivity index (χ2v) is 6.08. The molecule has 1 aromatic carbocycles. The Labute approximate surface area is 143 Å². The molecule has 0 N–H and O–H groups in total. The van der Waals surface area contributed by atoms with Gasteiger partial charge in [-0.3, -0.25) is 9.59 Å². The molecule has 4 nitrogen and oxygen atoms in total. The van der Waals surface area contributed by atoms with E-state index in [1.807, 2.05) is 0 Å². The van der Waals surface area contributed by atoms with Crippen molar-refractivity contribution >= 4 is 29.1 Å². The van der Waals surface area contributed by atoms with Crippen molar-refractivity contribution in [2.75, 3.05) is 24.5 Å². The number of anilines is 1. The van der Waals surface area contributed by atoms with Gasteiger partial charge in [-0.25, -0.2) is 0 Å². The van der Waals surface area contributed by atoms with E-state index in [4.69, 9.17) is 11.6 Å². The molecule has 0 unspecified atom stereocenters. The third-order valence-corrected chi connectivity index (χ3v) is 4.28. The first-order valence-corrected chi connectivity index (χ1v) is 8.00. The van der Waals surface area contributed by atoms with E-state index in [1.165, 1.54) is 17.9 Å². The fourth-order valence-electron chi connectivity index (χ4n) is 2.70. The first-order chi connectivity index (χ1) is 11.2. The summed E-state index contributed by atoms with van der Waals surface area (Å²) in [4.78, 5) is 26.8. The van der Waals surface area contributed by atoms with Crippen molar-refractivity contribution in [3.8, 4) is 0 Å². The van der Waals surface area contributed by atoms with Crippen LogP contribution in [-0.4, -0.2) is 36.3 Å². The molecule has 0 spiro atoms. The lowest BCUT2D eigenvalue weighted by Gasteiger charge is -2.24. The van der Waals surface area contributed by atoms with E-state index in [-0.39, 0.29) is 24.6 Å². The fraction of sp³-hybridized carbons (Fsp3) is 0.500. The van der Waals surface area contributed by atoms with Crippen LogP contribution in [0.15, 0.2) is 18.2 Å². The van der Waals surface area contributed by atoms with Crippen molar-refractivity contribution in [2.24, 2.45) is 0 Å². The average Bonchev–Trinajstić information content (AvgIpc) is 3.01. The molecule has 1 fully saturated rings. The predicted molar refractivity (Wildman–Crippen MR) is 84.9 cm³/mol. The lowest BCUT2D eigenvalue weighted by atomic mass is 10.1. The lowest BCUT2D eigenvalue weighted by molar-refractivity contribution is -0.137. The quantitative estimate of drug-likeness (QED) is 0.819. The van der Waals surface area contributed by atoms with Gasteiger partial charge in [0.25, 0.3) is 0 Å². The molecule has 1 aromatic rings. The highest BCUT2D eigenvalue weighted by molar-refractivity contribution is 6.31. The summed E-state index contributed by atoms with van der Waals surface area (Å²) in [5.74, 6) is -0.525. The molecule has 2 rings (SSSR count). The molecule has 2 amide bonds. The van der Waals surface area contributed by atoms with Crippen LogP contribution in [0.4, 0.5) is 18.9 Å². The number of likely N-dealkylation sites (tertiary alicyclic amines) is 1. The Bertz CT molecular complexity index is 628. The molecular weight excluding hydrogens is 345 g/mol. The Kier molecular flexibility index (Phi) is 5.74. The van der Waals surface area contributed by atoms with E-state index in [2.05, 4.69) is 0 Å². The van der Waals surface area contributed by atoms with E-state index < -0.39 is 22.7 Å². The largest absolute Gasteiger partial charge is 0.417 e. The summed E-state index contributed by atoms with van der Waals surface area (Å²) in [6.45, 7) is 2.67. The van der Waals surface area contributed by atoms with Crippen molar-refractivity contribution < 1.29 is 22.8 Å². The Morgan fingerprint density at radius 1 is 1.25 bits per heavy atom. The van der Waals surface area contributed by atoms with Gasteiger partial charge in [-0.2, -0.15) is 13.2 Å². The van der Waals surface area contributed by atoms with Crippen LogP contribution >= 0.6 is 11.6 Å². The van der Waals surface area contributed by atoms with Crippen molar-refractivity contribution in [3.05, 3.63) is 28.8 Å². The minimum atomic E-state index is -4.61. The van der Waals surface area contributed by atoms with Gasteiger partial charge < -0.3 is 9.80 Å². The molecule has 0 atom stereocenters. The van der Waals surface area contributed by atoms with Crippen molar-refractivity contribution in [2.45, 2.75) is 32.4 Å². The third-order valence-electron chi connectivity index (χ3n) is 3.96. The molecule has 0 radical (unpaired) electrons. The molecule has 1 aliphatic rings. The number of carbonyl (C=O) groups excluding carboxylic acids is 2. The smallest absolute Gasteiger partial charge is 0.343 e. The van der Waals surface area contributed by atoms with E-state index in [9.17, 15) is 22.8 Å². The minimum absolute atomic E-state index is 0.0313. The van der Waals surface area contributed by atoms with E-state index in [0.29, 0.717) is 13.1 Å². The molecule has 1 aliphatic heterocycles. The Balaban J connectivity index is 2.15. The summed E-state index contributed by atoms with van der Waals surface area (Å²) in [6, 6.07) is 3.29. The summed E-state index contributed by atoms with van der Waals surface area (Å²) in [5.41, 5.74) is -0.924. The standard InChI is InChI=1S/C16H18ClF3N2O2/c1-11(23)22(9-6-15(24)21-7-2-3-8-21)12-4-5-14(17)13(10-12)16(18,19)20/h4-5,10H,2-3,6-9H2,1H3. The highest BCUT2D eigenvalue weighted by atomic mass is 35.5. The van der Waals surface area contributed by atoms with Crippen LogP contribution in [0.3, 0.4) is 0 Å². The first-order valence-electron chi connectivity index (χ1n) is 7.63. The van der Waals surface area contributed by atoms with Gasteiger partial charge in [-0.1, -0.05) is 11.6 Å². The van der Waals surface area contributed by atoms with Gasteiger partial charge in [-0.15, -0.1) is 0 Å². The SMILES string of the molecule is CC(=O)N(CCC(=O)N1CCCC1)c1ccc(Cl)c(C(F)(F)F)c1. The zero-order chi connectivity index (χ0) is 17.9. The average molecular weight is 363 g/mol. The Morgan fingerprint density at radius 3 is 2.42 bits per heavy atom. The summed E-state index contributed by atoms with van der Waals surface area (Å²) < 4.78 is 38.9. The maximum absolute atomic E-state index is 13.0. The number of benzene rings is 1. The number of hydrogen-bond acceptors (Lipinski definition) is 2. The number of alkyl halides is 3. The van der Waals surface area contributed by atoms with Crippen LogP contribution in [0.1, 0.15) is 31.7 Å². The molecule has 8 heteroatoms. The monoisotopic (exact) mass is 362 g/mol. The molecule has 132 valence electrons. The molecule has 24 heavy (non-hydrogen) atoms. The van der Waals surface area contributed by atoms with E-state index >= 15 is 0 Å². The number of rotatable bonds is 4. The van der Waals surface area contributed by atoms with Crippen LogP contribution in [0.25, 0.3) is 0 Å². The van der Waals surface area contributed by atoms with Gasteiger partial charge in [0.1, 0.15) is 0 Å². The number of nitrogens with zero attached hydrogens (tertiary/aromatic N) is 2. The molecule has 0 aromatic heterocycles. The molecule has 1 heterocycles. The van der Waals surface area contributed by atoms with Crippen LogP contribution < -0.4 is 4.90 Å².